The molecule has 0 spiro atoms. The first-order chi connectivity index (χ1) is 9.17. The highest BCUT2D eigenvalue weighted by molar-refractivity contribution is 9.10. The standard InChI is InChI=1S/C15H19BrN2S/c1-11-10-19-15(18-11)8-13(9-17-2)6-12-4-3-5-14(16)7-12/h3-5,7,10,13,17H,6,8-9H2,1-2H3. The van der Waals surface area contributed by atoms with Crippen molar-refractivity contribution in [3.05, 3.63) is 50.4 Å². The third-order valence-corrected chi connectivity index (χ3v) is 4.52. The number of nitrogens with zero attached hydrogens (tertiary/aromatic N) is 1. The second-order valence-corrected chi connectivity index (χ2v) is 6.70. The predicted molar refractivity (Wildman–Crippen MR) is 85.8 cm³/mol. The van der Waals surface area contributed by atoms with Crippen molar-refractivity contribution in [1.82, 2.24) is 10.3 Å². The van der Waals surface area contributed by atoms with Crippen LogP contribution in [-0.4, -0.2) is 18.6 Å². The lowest BCUT2D eigenvalue weighted by atomic mass is 9.96. The molecule has 4 heteroatoms. The molecule has 1 heterocycles. The van der Waals surface area contributed by atoms with E-state index in [1.165, 1.54) is 10.6 Å². The number of hydrogen-bond donors (Lipinski definition) is 1. The van der Waals surface area contributed by atoms with Crippen LogP contribution < -0.4 is 5.32 Å². The SMILES string of the molecule is CNCC(Cc1cccc(Br)c1)Cc1nc(C)cs1. The number of aromatic nitrogens is 1. The van der Waals surface area contributed by atoms with E-state index < -0.39 is 0 Å². The summed E-state index contributed by atoms with van der Waals surface area (Å²) in [5.74, 6) is 0.588. The Balaban J connectivity index is 2.03. The van der Waals surface area contributed by atoms with Gasteiger partial charge in [0.1, 0.15) is 0 Å². The number of thiazole rings is 1. The van der Waals surface area contributed by atoms with E-state index in [0.717, 1.165) is 29.6 Å². The van der Waals surface area contributed by atoms with E-state index in [1.807, 2.05) is 7.05 Å². The summed E-state index contributed by atoms with van der Waals surface area (Å²) >= 11 is 5.30. The van der Waals surface area contributed by atoms with Crippen molar-refractivity contribution in [1.29, 1.82) is 0 Å². The second-order valence-electron chi connectivity index (χ2n) is 4.84. The summed E-state index contributed by atoms with van der Waals surface area (Å²) in [5.41, 5.74) is 2.51. The van der Waals surface area contributed by atoms with Gasteiger partial charge in [0.05, 0.1) is 5.01 Å². The van der Waals surface area contributed by atoms with Crippen LogP contribution in [0.4, 0.5) is 0 Å². The lowest BCUT2D eigenvalue weighted by Crippen LogP contribution is -2.22. The van der Waals surface area contributed by atoms with Crippen LogP contribution in [0.3, 0.4) is 0 Å². The number of halogens is 1. The van der Waals surface area contributed by atoms with E-state index in [0.29, 0.717) is 5.92 Å². The van der Waals surface area contributed by atoms with Gasteiger partial charge in [-0.25, -0.2) is 4.98 Å². The molecule has 0 saturated heterocycles. The van der Waals surface area contributed by atoms with Crippen molar-refractivity contribution < 1.29 is 0 Å². The molecule has 0 saturated carbocycles. The molecule has 2 aromatic rings. The molecule has 2 rings (SSSR count). The van der Waals surface area contributed by atoms with Crippen LogP contribution in [0, 0.1) is 12.8 Å². The monoisotopic (exact) mass is 338 g/mol. The fourth-order valence-corrected chi connectivity index (χ4v) is 3.58. The predicted octanol–water partition coefficient (Wildman–Crippen LogP) is 3.83. The third-order valence-electron chi connectivity index (χ3n) is 3.04. The van der Waals surface area contributed by atoms with Gasteiger partial charge in [-0.3, -0.25) is 0 Å². The molecule has 1 unspecified atom stereocenters. The van der Waals surface area contributed by atoms with Crippen LogP contribution in [0.1, 0.15) is 16.3 Å². The van der Waals surface area contributed by atoms with E-state index in [4.69, 9.17) is 0 Å². The minimum atomic E-state index is 0.588. The fraction of sp³-hybridized carbons (Fsp3) is 0.400. The molecule has 0 radical (unpaired) electrons. The Labute approximate surface area is 127 Å². The average molecular weight is 339 g/mol. The molecule has 0 bridgehead atoms. The van der Waals surface area contributed by atoms with Crippen molar-refractivity contribution in [2.75, 3.05) is 13.6 Å². The largest absolute Gasteiger partial charge is 0.319 e. The highest BCUT2D eigenvalue weighted by atomic mass is 79.9. The van der Waals surface area contributed by atoms with Gasteiger partial charge >= 0.3 is 0 Å². The molecule has 0 fully saturated rings. The number of hydrogen-bond acceptors (Lipinski definition) is 3. The normalized spacial score (nSPS) is 12.6. The smallest absolute Gasteiger partial charge is 0.0931 e. The highest BCUT2D eigenvalue weighted by Crippen LogP contribution is 2.19. The lowest BCUT2D eigenvalue weighted by Gasteiger charge is -2.15. The molecule has 0 aliphatic heterocycles. The van der Waals surface area contributed by atoms with Crippen molar-refractivity contribution in [2.45, 2.75) is 19.8 Å². The number of rotatable bonds is 6. The van der Waals surface area contributed by atoms with Crippen LogP contribution in [0.2, 0.25) is 0 Å². The van der Waals surface area contributed by atoms with Crippen molar-refractivity contribution in [2.24, 2.45) is 5.92 Å². The average Bonchev–Trinajstić information content (AvgIpc) is 2.75. The van der Waals surface area contributed by atoms with E-state index in [-0.39, 0.29) is 0 Å². The summed E-state index contributed by atoms with van der Waals surface area (Å²) in [6.07, 6.45) is 2.13. The van der Waals surface area contributed by atoms with Crippen LogP contribution in [0.5, 0.6) is 0 Å². The zero-order valence-corrected chi connectivity index (χ0v) is 13.7. The first-order valence-electron chi connectivity index (χ1n) is 6.47. The van der Waals surface area contributed by atoms with E-state index in [2.05, 4.69) is 62.8 Å². The molecule has 1 aromatic heterocycles. The van der Waals surface area contributed by atoms with E-state index in [9.17, 15) is 0 Å². The molecule has 0 amide bonds. The van der Waals surface area contributed by atoms with Crippen LogP contribution in [0.15, 0.2) is 34.1 Å². The lowest BCUT2D eigenvalue weighted by molar-refractivity contribution is 0.492. The Bertz CT molecular complexity index is 524. The molecule has 0 aliphatic carbocycles. The molecule has 19 heavy (non-hydrogen) atoms. The Kier molecular flexibility index (Phi) is 5.55. The van der Waals surface area contributed by atoms with Gasteiger partial charge in [-0.2, -0.15) is 0 Å². The quantitative estimate of drug-likeness (QED) is 0.865. The third kappa shape index (κ3) is 4.71. The van der Waals surface area contributed by atoms with Gasteiger partial charge in [-0.05, 0) is 50.6 Å². The van der Waals surface area contributed by atoms with Gasteiger partial charge in [-0.15, -0.1) is 11.3 Å². The summed E-state index contributed by atoms with van der Waals surface area (Å²) in [7, 11) is 2.01. The Morgan fingerprint density at radius 1 is 1.37 bits per heavy atom. The molecule has 1 N–H and O–H groups in total. The van der Waals surface area contributed by atoms with Crippen molar-refractivity contribution >= 4 is 27.3 Å². The van der Waals surface area contributed by atoms with Gasteiger partial charge in [0.25, 0.3) is 0 Å². The Hall–Kier alpha value is -0.710. The molecule has 1 atom stereocenters. The Morgan fingerprint density at radius 3 is 2.84 bits per heavy atom. The number of nitrogens with one attached hydrogen (secondary N) is 1. The molecule has 0 aliphatic rings. The van der Waals surface area contributed by atoms with Crippen molar-refractivity contribution in [3.63, 3.8) is 0 Å². The molecular formula is C15H19BrN2S. The van der Waals surface area contributed by atoms with E-state index >= 15 is 0 Å². The first kappa shape index (κ1) is 14.7. The maximum Gasteiger partial charge on any atom is 0.0931 e. The number of aryl methyl sites for hydroxylation is 1. The molecule has 1 aromatic carbocycles. The van der Waals surface area contributed by atoms with Gasteiger partial charge in [0, 0.05) is 22.0 Å². The number of benzene rings is 1. The summed E-state index contributed by atoms with van der Waals surface area (Å²) in [4.78, 5) is 4.57. The maximum absolute atomic E-state index is 4.57. The Morgan fingerprint density at radius 2 is 2.21 bits per heavy atom. The topological polar surface area (TPSA) is 24.9 Å². The van der Waals surface area contributed by atoms with Crippen LogP contribution in [0.25, 0.3) is 0 Å². The zero-order valence-electron chi connectivity index (χ0n) is 11.3. The fourth-order valence-electron chi connectivity index (χ4n) is 2.25. The minimum absolute atomic E-state index is 0.588. The summed E-state index contributed by atoms with van der Waals surface area (Å²) in [6, 6.07) is 8.57. The summed E-state index contributed by atoms with van der Waals surface area (Å²) < 4.78 is 1.15. The van der Waals surface area contributed by atoms with Crippen LogP contribution in [-0.2, 0) is 12.8 Å². The molecule has 102 valence electrons. The van der Waals surface area contributed by atoms with Gasteiger partial charge in [0.2, 0.25) is 0 Å². The van der Waals surface area contributed by atoms with Crippen LogP contribution >= 0.6 is 27.3 Å². The zero-order chi connectivity index (χ0) is 13.7. The molecule has 2 nitrogen and oxygen atoms in total. The first-order valence-corrected chi connectivity index (χ1v) is 8.14. The van der Waals surface area contributed by atoms with Gasteiger partial charge < -0.3 is 5.32 Å². The second kappa shape index (κ2) is 7.17. The minimum Gasteiger partial charge on any atom is -0.319 e. The summed E-state index contributed by atoms with van der Waals surface area (Å²) in [5, 5.41) is 6.67. The van der Waals surface area contributed by atoms with E-state index in [1.54, 1.807) is 11.3 Å². The van der Waals surface area contributed by atoms with Crippen molar-refractivity contribution in [3.8, 4) is 0 Å². The molecular weight excluding hydrogens is 320 g/mol. The highest BCUT2D eigenvalue weighted by Gasteiger charge is 2.12. The maximum atomic E-state index is 4.57. The summed E-state index contributed by atoms with van der Waals surface area (Å²) in [6.45, 7) is 3.08. The van der Waals surface area contributed by atoms with Gasteiger partial charge in [-0.1, -0.05) is 28.1 Å². The van der Waals surface area contributed by atoms with Gasteiger partial charge in [0.15, 0.2) is 0 Å².